The van der Waals surface area contributed by atoms with E-state index in [-0.39, 0.29) is 30.8 Å². The molecular weight excluding hydrogens is 269 g/mol. The minimum absolute atomic E-state index is 0.0118. The zero-order valence-corrected chi connectivity index (χ0v) is 10.9. The lowest BCUT2D eigenvalue weighted by molar-refractivity contribution is 0.425. The van der Waals surface area contributed by atoms with Crippen molar-refractivity contribution in [2.24, 2.45) is 0 Å². The Balaban J connectivity index is 3.01. The van der Waals surface area contributed by atoms with E-state index in [1.807, 2.05) is 12.1 Å². The summed E-state index contributed by atoms with van der Waals surface area (Å²) < 4.78 is 38.3. The van der Waals surface area contributed by atoms with Crippen LogP contribution in [-0.2, 0) is 10.0 Å². The Morgan fingerprint density at radius 3 is 1.95 bits per heavy atom. The van der Waals surface area contributed by atoms with Gasteiger partial charge in [0.2, 0.25) is 10.0 Å². The molecule has 7 heteroatoms. The molecule has 0 fully saturated rings. The Labute approximate surface area is 111 Å². The number of halogens is 1. The summed E-state index contributed by atoms with van der Waals surface area (Å²) in [6, 6.07) is 8.15. The van der Waals surface area contributed by atoms with Crippen LogP contribution in [-0.4, -0.2) is 25.8 Å². The number of hydrogen-bond acceptors (Lipinski definition) is 4. The van der Waals surface area contributed by atoms with Gasteiger partial charge in [-0.05, 0) is 24.3 Å². The van der Waals surface area contributed by atoms with Crippen LogP contribution in [0.15, 0.2) is 29.2 Å². The molecule has 0 saturated carbocycles. The average molecular weight is 281 g/mol. The average Bonchev–Trinajstić information content (AvgIpc) is 2.39. The predicted octanol–water partition coefficient (Wildman–Crippen LogP) is 1.64. The largest absolute Gasteiger partial charge is 0.243 e. The zero-order valence-electron chi connectivity index (χ0n) is 10.1. The van der Waals surface area contributed by atoms with Gasteiger partial charge in [0, 0.05) is 25.9 Å². The van der Waals surface area contributed by atoms with Gasteiger partial charge in [0.05, 0.1) is 17.0 Å². The maximum atomic E-state index is 12.8. The third kappa shape index (κ3) is 4.02. The van der Waals surface area contributed by atoms with Crippen LogP contribution in [0.2, 0.25) is 0 Å². The van der Waals surface area contributed by atoms with E-state index < -0.39 is 15.8 Å². The number of nitriles is 2. The molecule has 0 aliphatic rings. The predicted molar refractivity (Wildman–Crippen MR) is 65.6 cm³/mol. The highest BCUT2D eigenvalue weighted by Gasteiger charge is 2.23. The smallest absolute Gasteiger partial charge is 0.207 e. The van der Waals surface area contributed by atoms with Crippen molar-refractivity contribution < 1.29 is 12.8 Å². The first kappa shape index (κ1) is 15.1. The second-order valence-corrected chi connectivity index (χ2v) is 5.61. The molecule has 1 aromatic rings. The third-order valence-corrected chi connectivity index (χ3v) is 4.31. The molecule has 19 heavy (non-hydrogen) atoms. The molecule has 100 valence electrons. The van der Waals surface area contributed by atoms with E-state index in [1.165, 1.54) is 0 Å². The fourth-order valence-electron chi connectivity index (χ4n) is 1.46. The molecule has 0 saturated heterocycles. The third-order valence-electron chi connectivity index (χ3n) is 2.40. The highest BCUT2D eigenvalue weighted by atomic mass is 32.2. The lowest BCUT2D eigenvalue weighted by Crippen LogP contribution is -2.32. The summed E-state index contributed by atoms with van der Waals surface area (Å²) in [6.45, 7) is 0.0236. The molecule has 0 aromatic heterocycles. The molecular formula is C12H12FN3O2S. The van der Waals surface area contributed by atoms with Crippen LogP contribution in [0, 0.1) is 28.5 Å². The van der Waals surface area contributed by atoms with Gasteiger partial charge in [0.25, 0.3) is 0 Å². The van der Waals surface area contributed by atoms with Gasteiger partial charge in [-0.15, -0.1) is 0 Å². The zero-order chi connectivity index (χ0) is 14.3. The van der Waals surface area contributed by atoms with Crippen molar-refractivity contribution in [3.8, 4) is 12.1 Å². The van der Waals surface area contributed by atoms with Crippen LogP contribution >= 0.6 is 0 Å². The van der Waals surface area contributed by atoms with Crippen LogP contribution in [0.5, 0.6) is 0 Å². The van der Waals surface area contributed by atoms with E-state index in [0.29, 0.717) is 0 Å². The minimum Gasteiger partial charge on any atom is -0.207 e. The maximum Gasteiger partial charge on any atom is 0.243 e. The quantitative estimate of drug-likeness (QED) is 0.793. The first-order valence-electron chi connectivity index (χ1n) is 5.52. The standard InChI is InChI=1S/C12H12FN3O2S/c13-11-3-5-12(6-4-11)19(17,18)16(9-1-7-14)10-2-8-15/h3-6H,1-2,9-10H2. The van der Waals surface area contributed by atoms with Gasteiger partial charge in [-0.2, -0.15) is 14.8 Å². The molecule has 0 unspecified atom stereocenters. The Kier molecular flexibility index (Phi) is 5.43. The van der Waals surface area contributed by atoms with Crippen molar-refractivity contribution in [1.29, 1.82) is 10.5 Å². The Hall–Kier alpha value is -1.96. The van der Waals surface area contributed by atoms with Crippen LogP contribution < -0.4 is 0 Å². The lowest BCUT2D eigenvalue weighted by Gasteiger charge is -2.19. The molecule has 0 atom stereocenters. The van der Waals surface area contributed by atoms with E-state index in [0.717, 1.165) is 28.6 Å². The van der Waals surface area contributed by atoms with Crippen LogP contribution in [0.3, 0.4) is 0 Å². The molecule has 0 aliphatic carbocycles. The molecule has 0 spiro atoms. The molecule has 0 bridgehead atoms. The van der Waals surface area contributed by atoms with Gasteiger partial charge in [-0.1, -0.05) is 0 Å². The van der Waals surface area contributed by atoms with E-state index in [4.69, 9.17) is 10.5 Å². The molecule has 1 rings (SSSR count). The molecule has 0 N–H and O–H groups in total. The summed E-state index contributed by atoms with van der Waals surface area (Å²) in [5, 5.41) is 17.1. The van der Waals surface area contributed by atoms with E-state index in [1.54, 1.807) is 0 Å². The number of hydrogen-bond donors (Lipinski definition) is 0. The maximum absolute atomic E-state index is 12.8. The number of benzene rings is 1. The number of nitrogens with zero attached hydrogens (tertiary/aromatic N) is 3. The van der Waals surface area contributed by atoms with Crippen molar-refractivity contribution in [1.82, 2.24) is 4.31 Å². The van der Waals surface area contributed by atoms with E-state index in [9.17, 15) is 12.8 Å². The first-order chi connectivity index (χ1) is 9.02. The molecule has 0 aliphatic heterocycles. The lowest BCUT2D eigenvalue weighted by atomic mass is 10.4. The summed E-state index contributed by atoms with van der Waals surface area (Å²) >= 11 is 0. The molecule has 0 amide bonds. The molecule has 5 nitrogen and oxygen atoms in total. The summed E-state index contributed by atoms with van der Waals surface area (Å²) in [4.78, 5) is -0.0511. The summed E-state index contributed by atoms with van der Waals surface area (Å²) in [7, 11) is -3.80. The SMILES string of the molecule is N#CCCN(CCC#N)S(=O)(=O)c1ccc(F)cc1. The number of sulfonamides is 1. The van der Waals surface area contributed by atoms with Crippen molar-refractivity contribution in [2.75, 3.05) is 13.1 Å². The summed E-state index contributed by atoms with van der Waals surface area (Å²) in [6.07, 6.45) is 0.0672. The second kappa shape index (κ2) is 6.83. The van der Waals surface area contributed by atoms with Crippen molar-refractivity contribution >= 4 is 10.0 Å². The first-order valence-corrected chi connectivity index (χ1v) is 6.96. The fourth-order valence-corrected chi connectivity index (χ4v) is 2.90. The molecule has 0 heterocycles. The fraction of sp³-hybridized carbons (Fsp3) is 0.333. The van der Waals surface area contributed by atoms with E-state index in [2.05, 4.69) is 0 Å². The normalized spacial score (nSPS) is 10.9. The van der Waals surface area contributed by atoms with Gasteiger partial charge in [0.15, 0.2) is 0 Å². The highest BCUT2D eigenvalue weighted by Crippen LogP contribution is 2.16. The molecule has 1 aromatic carbocycles. The van der Waals surface area contributed by atoms with Crippen molar-refractivity contribution in [2.45, 2.75) is 17.7 Å². The Bertz CT molecular complexity index is 581. The van der Waals surface area contributed by atoms with Gasteiger partial charge < -0.3 is 0 Å². The van der Waals surface area contributed by atoms with Crippen molar-refractivity contribution in [3.05, 3.63) is 30.1 Å². The summed E-state index contributed by atoms with van der Waals surface area (Å²) in [5.74, 6) is -0.528. The minimum atomic E-state index is -3.80. The summed E-state index contributed by atoms with van der Waals surface area (Å²) in [5.41, 5.74) is 0. The van der Waals surface area contributed by atoms with Crippen molar-refractivity contribution in [3.63, 3.8) is 0 Å². The van der Waals surface area contributed by atoms with Gasteiger partial charge in [0.1, 0.15) is 5.82 Å². The molecule has 0 radical (unpaired) electrons. The van der Waals surface area contributed by atoms with E-state index >= 15 is 0 Å². The van der Waals surface area contributed by atoms with Gasteiger partial charge in [-0.25, -0.2) is 12.8 Å². The monoisotopic (exact) mass is 281 g/mol. The Morgan fingerprint density at radius 2 is 1.53 bits per heavy atom. The van der Waals surface area contributed by atoms with Crippen LogP contribution in [0.25, 0.3) is 0 Å². The van der Waals surface area contributed by atoms with Crippen LogP contribution in [0.1, 0.15) is 12.8 Å². The highest BCUT2D eigenvalue weighted by molar-refractivity contribution is 7.89. The second-order valence-electron chi connectivity index (χ2n) is 3.67. The van der Waals surface area contributed by atoms with Crippen LogP contribution in [0.4, 0.5) is 4.39 Å². The topological polar surface area (TPSA) is 85.0 Å². The van der Waals surface area contributed by atoms with Gasteiger partial charge >= 0.3 is 0 Å². The Morgan fingerprint density at radius 1 is 1.05 bits per heavy atom. The van der Waals surface area contributed by atoms with Gasteiger partial charge in [-0.3, -0.25) is 0 Å². The number of rotatable bonds is 6.